The maximum atomic E-state index is 12.6. The number of thioether (sulfide) groups is 1. The third-order valence-corrected chi connectivity index (χ3v) is 11.3. The lowest BCUT2D eigenvalue weighted by Gasteiger charge is -2.38. The highest BCUT2D eigenvalue weighted by molar-refractivity contribution is 7.99. The highest BCUT2D eigenvalue weighted by Crippen LogP contribution is 2.46. The van der Waals surface area contributed by atoms with Crippen molar-refractivity contribution in [2.45, 2.75) is 41.0 Å². The summed E-state index contributed by atoms with van der Waals surface area (Å²) in [5.74, 6) is -5.96. The number of aliphatic carboxylic acids is 2. The quantitative estimate of drug-likeness (QED) is 0.0705. The molecule has 1 unspecified atom stereocenters. The predicted octanol–water partition coefficient (Wildman–Crippen LogP) is 6.02. The normalized spacial score (nSPS) is 16.4. The molecule has 6 N–H and O–H groups in total. The second-order valence-corrected chi connectivity index (χ2v) is 14.9. The number of hydrogen-bond donors (Lipinski definition) is 6. The smallest absolute Gasteiger partial charge is 0.328 e. The van der Waals surface area contributed by atoms with Crippen molar-refractivity contribution in [3.05, 3.63) is 111 Å². The monoisotopic (exact) mass is 772 g/mol. The van der Waals surface area contributed by atoms with E-state index in [0.717, 1.165) is 31.6 Å². The lowest BCUT2D eigenvalue weighted by atomic mass is 9.80. The number of nitrogens with zero attached hydrogens (tertiary/aromatic N) is 2. The number of aryl methyl sites for hydroxylation is 2. The number of aromatic hydroxyl groups is 4. The Morgan fingerprint density at radius 2 is 1.26 bits per heavy atom. The van der Waals surface area contributed by atoms with Gasteiger partial charge in [-0.3, -0.25) is 14.5 Å². The van der Waals surface area contributed by atoms with Crippen LogP contribution in [0.3, 0.4) is 0 Å². The van der Waals surface area contributed by atoms with Gasteiger partial charge in [-0.25, -0.2) is 9.59 Å². The Morgan fingerprint density at radius 1 is 0.741 bits per heavy atom. The maximum Gasteiger partial charge on any atom is 0.328 e. The van der Waals surface area contributed by atoms with Gasteiger partial charge in [0, 0.05) is 59.1 Å². The summed E-state index contributed by atoms with van der Waals surface area (Å²) in [7, 11) is 2.23. The third kappa shape index (κ3) is 8.42. The summed E-state index contributed by atoms with van der Waals surface area (Å²) in [4.78, 5) is 53.6. The van der Waals surface area contributed by atoms with Gasteiger partial charge in [-0.15, -0.1) is 11.8 Å². The van der Waals surface area contributed by atoms with E-state index >= 15 is 0 Å². The van der Waals surface area contributed by atoms with Crippen LogP contribution in [0, 0.1) is 13.8 Å². The second-order valence-electron chi connectivity index (χ2n) is 13.0. The first-order chi connectivity index (χ1) is 25.6. The van der Waals surface area contributed by atoms with E-state index in [1.807, 2.05) is 23.5 Å². The van der Waals surface area contributed by atoms with E-state index in [0.29, 0.717) is 18.2 Å². The molecule has 1 fully saturated rings. The standard InChI is InChI=1S/C20H24N2S2.C16H12O6.C4H4O4/c1-21-9-11-22(12-10-21)18-13-15-5-3-4-6-19(15)24-20-8-7-16(23-2)14-17(18)20;1-5-3-7(17)9-11(13(5)19)15(21)10-8(18)4-6(2)14(20)12(10)16(9)22;5-3(6)1-2-4(7)8/h3-8,14,18H,9-13H2,1-2H3;3-4,17-20H,1-2H3;1-2H,(H,5,6)(H,7,8). The molecule has 2 aliphatic heterocycles. The van der Waals surface area contributed by atoms with Crippen LogP contribution in [0.1, 0.15) is 60.1 Å². The molecule has 4 aromatic rings. The van der Waals surface area contributed by atoms with Crippen LogP contribution < -0.4 is 0 Å². The molecule has 0 amide bonds. The fraction of sp³-hybridized carbons (Fsp3) is 0.250. The van der Waals surface area contributed by atoms with E-state index in [1.54, 1.807) is 0 Å². The van der Waals surface area contributed by atoms with Crippen LogP contribution >= 0.6 is 23.5 Å². The number of carboxylic acid groups (broad SMARTS) is 2. The van der Waals surface area contributed by atoms with E-state index in [-0.39, 0.29) is 33.4 Å². The summed E-state index contributed by atoms with van der Waals surface area (Å²) < 4.78 is 0. The van der Waals surface area contributed by atoms with E-state index in [9.17, 15) is 39.6 Å². The number of likely N-dealkylation sites (N-methyl/N-ethyl adjacent to an activating group) is 1. The predicted molar refractivity (Wildman–Crippen MR) is 205 cm³/mol. The van der Waals surface area contributed by atoms with Crippen molar-refractivity contribution < 1.29 is 49.8 Å². The molecule has 0 aromatic heterocycles. The highest BCUT2D eigenvalue weighted by Gasteiger charge is 2.39. The van der Waals surface area contributed by atoms with Crippen molar-refractivity contribution in [3.63, 3.8) is 0 Å². The van der Waals surface area contributed by atoms with E-state index in [2.05, 4.69) is 65.6 Å². The Kier molecular flexibility index (Phi) is 12.4. The molecule has 0 spiro atoms. The van der Waals surface area contributed by atoms with Gasteiger partial charge in [0.25, 0.3) is 0 Å². The van der Waals surface area contributed by atoms with E-state index in [4.69, 9.17) is 10.2 Å². The molecule has 2 heterocycles. The van der Waals surface area contributed by atoms with Gasteiger partial charge in [-0.05, 0) is 92.2 Å². The van der Waals surface area contributed by atoms with Crippen molar-refractivity contribution >= 4 is 47.0 Å². The van der Waals surface area contributed by atoms with Crippen LogP contribution in [0.25, 0.3) is 0 Å². The largest absolute Gasteiger partial charge is 0.507 e. The van der Waals surface area contributed by atoms with Crippen LogP contribution in [-0.2, 0) is 16.0 Å². The summed E-state index contributed by atoms with van der Waals surface area (Å²) in [6, 6.07) is 18.8. The molecular weight excluding hydrogens is 733 g/mol. The van der Waals surface area contributed by atoms with Gasteiger partial charge >= 0.3 is 11.9 Å². The van der Waals surface area contributed by atoms with Gasteiger partial charge in [0.15, 0.2) is 0 Å². The number of carbonyl (C=O) groups excluding carboxylic acids is 2. The average molecular weight is 773 g/mol. The summed E-state index contributed by atoms with van der Waals surface area (Å²) in [6.45, 7) is 7.60. The fourth-order valence-corrected chi connectivity index (χ4v) is 8.11. The Morgan fingerprint density at radius 3 is 1.76 bits per heavy atom. The zero-order valence-corrected chi connectivity index (χ0v) is 31.6. The van der Waals surface area contributed by atoms with Gasteiger partial charge in [-0.1, -0.05) is 30.0 Å². The van der Waals surface area contributed by atoms with Gasteiger partial charge in [0.1, 0.15) is 23.0 Å². The Hall–Kier alpha value is -5.28. The second kappa shape index (κ2) is 16.8. The topological polar surface area (TPSA) is 196 Å². The Balaban J connectivity index is 0.000000174. The Bertz CT molecular complexity index is 2090. The van der Waals surface area contributed by atoms with Gasteiger partial charge in [-0.2, -0.15) is 0 Å². The zero-order valence-electron chi connectivity index (χ0n) is 30.0. The molecule has 282 valence electrons. The van der Waals surface area contributed by atoms with Crippen LogP contribution in [0.15, 0.2) is 81.4 Å². The minimum atomic E-state index is -1.26. The van der Waals surface area contributed by atoms with Crippen molar-refractivity contribution in [2.75, 3.05) is 39.5 Å². The van der Waals surface area contributed by atoms with Crippen molar-refractivity contribution in [1.82, 2.24) is 9.80 Å². The first-order valence-electron chi connectivity index (χ1n) is 16.8. The number of fused-ring (bicyclic) bond motifs is 4. The lowest BCUT2D eigenvalue weighted by Crippen LogP contribution is -2.46. The Labute approximate surface area is 320 Å². The number of piperazine rings is 1. The van der Waals surface area contributed by atoms with Gasteiger partial charge in [0.2, 0.25) is 11.6 Å². The molecule has 1 aliphatic carbocycles. The van der Waals surface area contributed by atoms with Crippen molar-refractivity contribution in [1.29, 1.82) is 0 Å². The number of carboxylic acids is 2. The minimum Gasteiger partial charge on any atom is -0.507 e. The number of benzene rings is 4. The lowest BCUT2D eigenvalue weighted by molar-refractivity contribution is -0.134. The molecule has 12 nitrogen and oxygen atoms in total. The molecule has 4 aromatic carbocycles. The summed E-state index contributed by atoms with van der Waals surface area (Å²) >= 11 is 3.79. The molecule has 54 heavy (non-hydrogen) atoms. The third-order valence-electron chi connectivity index (χ3n) is 9.38. The molecule has 0 saturated carbocycles. The molecule has 0 radical (unpaired) electrons. The number of rotatable bonds is 4. The zero-order chi connectivity index (χ0) is 39.4. The fourth-order valence-electron chi connectivity index (χ4n) is 6.55. The molecule has 0 bridgehead atoms. The molecular formula is C40H40N2O10S2. The summed E-state index contributed by atoms with van der Waals surface area (Å²) in [6.07, 6.45) is 4.41. The SMILES string of the molecule is CSc1ccc2c(c1)C(N1CCN(C)CC1)Cc1ccccc1S2.Cc1cc(O)c2c(c1O)C(=O)c1c(O)cc(C)c(O)c1C2=O.O=C(O)C=CC(=O)O. The van der Waals surface area contributed by atoms with Gasteiger partial charge in [0.05, 0.1) is 22.3 Å². The maximum absolute atomic E-state index is 12.6. The number of carbonyl (C=O) groups is 4. The number of ketones is 2. The first-order valence-corrected chi connectivity index (χ1v) is 18.9. The van der Waals surface area contributed by atoms with E-state index < -0.39 is 46.5 Å². The highest BCUT2D eigenvalue weighted by atomic mass is 32.2. The molecule has 1 saturated heterocycles. The number of phenols is 4. The van der Waals surface area contributed by atoms with Gasteiger partial charge < -0.3 is 35.5 Å². The number of hydrogen-bond acceptors (Lipinski definition) is 12. The van der Waals surface area contributed by atoms with Crippen molar-refractivity contribution in [3.8, 4) is 23.0 Å². The summed E-state index contributed by atoms with van der Waals surface area (Å²) in [5, 5.41) is 55.7. The number of phenolic OH excluding ortho intramolecular Hbond substituents is 4. The molecule has 7 rings (SSSR count). The molecule has 14 heteroatoms. The van der Waals surface area contributed by atoms with Crippen LogP contribution in [0.5, 0.6) is 23.0 Å². The van der Waals surface area contributed by atoms with E-state index in [1.165, 1.54) is 52.8 Å². The van der Waals surface area contributed by atoms with Crippen molar-refractivity contribution in [2.24, 2.45) is 0 Å². The van der Waals surface area contributed by atoms with Crippen LogP contribution in [-0.4, -0.2) is 103 Å². The van der Waals surface area contributed by atoms with Crippen LogP contribution in [0.4, 0.5) is 0 Å². The first kappa shape index (κ1) is 39.9. The average Bonchev–Trinajstić information content (AvgIpc) is 3.30. The molecule has 3 aliphatic rings. The molecule has 1 atom stereocenters. The summed E-state index contributed by atoms with van der Waals surface area (Å²) in [5.41, 5.74) is 1.97. The minimum absolute atomic E-state index is 0.219. The van der Waals surface area contributed by atoms with Crippen LogP contribution in [0.2, 0.25) is 0 Å².